The molecule has 1 heterocycles. The Hall–Kier alpha value is -0.540. The molecule has 0 saturated heterocycles. The van der Waals surface area contributed by atoms with Crippen LogP contribution in [0.4, 0.5) is 0 Å². The van der Waals surface area contributed by atoms with Gasteiger partial charge in [0.05, 0.1) is 6.61 Å². The van der Waals surface area contributed by atoms with Gasteiger partial charge in [0.15, 0.2) is 0 Å². The third kappa shape index (κ3) is 2.02. The van der Waals surface area contributed by atoms with E-state index in [9.17, 15) is 0 Å². The Labute approximate surface area is 122 Å². The van der Waals surface area contributed by atoms with Gasteiger partial charge in [-0.1, -0.05) is 22.4 Å². The number of ether oxygens (including phenoxy) is 1. The van der Waals surface area contributed by atoms with Crippen molar-refractivity contribution < 1.29 is 4.74 Å². The highest BCUT2D eigenvalue weighted by Gasteiger charge is 2.54. The van der Waals surface area contributed by atoms with E-state index in [1.54, 1.807) is 0 Å². The van der Waals surface area contributed by atoms with Crippen LogP contribution >= 0.6 is 15.9 Å². The highest BCUT2D eigenvalue weighted by atomic mass is 79.9. The van der Waals surface area contributed by atoms with E-state index in [1.807, 2.05) is 0 Å². The minimum Gasteiger partial charge on any atom is -0.493 e. The van der Waals surface area contributed by atoms with E-state index in [0.717, 1.165) is 47.4 Å². The number of fused-ring (bicyclic) bond motifs is 2. The smallest absolute Gasteiger partial charge is 0.125 e. The van der Waals surface area contributed by atoms with Crippen molar-refractivity contribution in [1.29, 1.82) is 0 Å². The first-order valence-corrected chi connectivity index (χ1v) is 8.23. The van der Waals surface area contributed by atoms with E-state index in [0.29, 0.717) is 6.04 Å². The van der Waals surface area contributed by atoms with Crippen molar-refractivity contribution in [3.63, 3.8) is 0 Å². The summed E-state index contributed by atoms with van der Waals surface area (Å²) in [6.45, 7) is 0.822. The van der Waals surface area contributed by atoms with Crippen LogP contribution in [0, 0.1) is 17.8 Å². The van der Waals surface area contributed by atoms with Crippen molar-refractivity contribution in [1.82, 2.24) is 0 Å². The number of hydrogen-bond donors (Lipinski definition) is 1. The van der Waals surface area contributed by atoms with E-state index in [4.69, 9.17) is 10.5 Å². The summed E-state index contributed by atoms with van der Waals surface area (Å²) in [6.07, 6.45) is 6.26. The SMILES string of the molecule is NC(Cc1cc(Br)cc2c1OCC2)C1C2CCCC21. The molecule has 0 bridgehead atoms. The Morgan fingerprint density at radius 1 is 1.32 bits per heavy atom. The van der Waals surface area contributed by atoms with Crippen LogP contribution in [0.3, 0.4) is 0 Å². The van der Waals surface area contributed by atoms with Crippen LogP contribution in [-0.4, -0.2) is 12.6 Å². The number of hydrogen-bond acceptors (Lipinski definition) is 2. The Balaban J connectivity index is 1.54. The number of halogens is 1. The van der Waals surface area contributed by atoms with Gasteiger partial charge in [-0.05, 0) is 60.3 Å². The second kappa shape index (κ2) is 4.49. The highest BCUT2D eigenvalue weighted by molar-refractivity contribution is 9.10. The van der Waals surface area contributed by atoms with Crippen molar-refractivity contribution in [2.75, 3.05) is 6.61 Å². The van der Waals surface area contributed by atoms with Crippen molar-refractivity contribution in [2.45, 2.75) is 38.1 Å². The fourth-order valence-electron chi connectivity index (χ4n) is 4.40. The van der Waals surface area contributed by atoms with Gasteiger partial charge in [0.1, 0.15) is 5.75 Å². The largest absolute Gasteiger partial charge is 0.493 e. The van der Waals surface area contributed by atoms with E-state index in [-0.39, 0.29) is 0 Å². The van der Waals surface area contributed by atoms with E-state index >= 15 is 0 Å². The summed E-state index contributed by atoms with van der Waals surface area (Å²) in [4.78, 5) is 0. The molecule has 3 unspecified atom stereocenters. The molecule has 2 aliphatic carbocycles. The van der Waals surface area contributed by atoms with Crippen LogP contribution in [0.5, 0.6) is 5.75 Å². The second-order valence-electron chi connectivity index (χ2n) is 6.36. The number of nitrogens with two attached hydrogens (primary N) is 1. The first-order chi connectivity index (χ1) is 9.24. The maximum Gasteiger partial charge on any atom is 0.125 e. The molecule has 2 N–H and O–H groups in total. The normalized spacial score (nSPS) is 32.6. The van der Waals surface area contributed by atoms with E-state index in [2.05, 4.69) is 28.1 Å². The van der Waals surface area contributed by atoms with Gasteiger partial charge in [-0.25, -0.2) is 0 Å². The fraction of sp³-hybridized carbons (Fsp3) is 0.625. The Morgan fingerprint density at radius 3 is 2.89 bits per heavy atom. The zero-order valence-corrected chi connectivity index (χ0v) is 12.7. The third-order valence-corrected chi connectivity index (χ3v) is 5.71. The zero-order valence-electron chi connectivity index (χ0n) is 11.1. The van der Waals surface area contributed by atoms with Crippen LogP contribution in [-0.2, 0) is 12.8 Å². The van der Waals surface area contributed by atoms with Gasteiger partial charge >= 0.3 is 0 Å². The molecule has 2 nitrogen and oxygen atoms in total. The first kappa shape index (κ1) is 12.2. The number of benzene rings is 1. The molecular formula is C16H20BrNO. The van der Waals surface area contributed by atoms with Gasteiger partial charge in [0.2, 0.25) is 0 Å². The van der Waals surface area contributed by atoms with Gasteiger partial charge in [-0.2, -0.15) is 0 Å². The summed E-state index contributed by atoms with van der Waals surface area (Å²) in [6, 6.07) is 4.70. The van der Waals surface area contributed by atoms with Gasteiger partial charge < -0.3 is 10.5 Å². The molecule has 2 fully saturated rings. The van der Waals surface area contributed by atoms with E-state index in [1.165, 1.54) is 30.4 Å². The van der Waals surface area contributed by atoms with Gasteiger partial charge in [0.25, 0.3) is 0 Å². The standard InChI is InChI=1S/C16H20BrNO/c17-11-6-9-4-5-19-16(9)10(7-11)8-14(18)15-12-2-1-3-13(12)15/h6-7,12-15H,1-5,8,18H2. The van der Waals surface area contributed by atoms with Crippen molar-refractivity contribution in [3.05, 3.63) is 27.7 Å². The summed E-state index contributed by atoms with van der Waals surface area (Å²) < 4.78 is 6.97. The lowest BCUT2D eigenvalue weighted by Gasteiger charge is -2.16. The maximum absolute atomic E-state index is 6.47. The summed E-state index contributed by atoms with van der Waals surface area (Å²) in [5.41, 5.74) is 9.12. The Morgan fingerprint density at radius 2 is 2.11 bits per heavy atom. The van der Waals surface area contributed by atoms with Gasteiger partial charge in [0, 0.05) is 16.9 Å². The average molecular weight is 322 g/mol. The number of rotatable bonds is 3. The molecule has 2 saturated carbocycles. The van der Waals surface area contributed by atoms with Crippen molar-refractivity contribution in [3.8, 4) is 5.75 Å². The van der Waals surface area contributed by atoms with Crippen molar-refractivity contribution >= 4 is 15.9 Å². The van der Waals surface area contributed by atoms with Crippen LogP contribution in [0.2, 0.25) is 0 Å². The predicted molar refractivity (Wildman–Crippen MR) is 79.3 cm³/mol. The molecule has 3 atom stereocenters. The quantitative estimate of drug-likeness (QED) is 0.927. The monoisotopic (exact) mass is 321 g/mol. The minimum atomic E-state index is 0.317. The van der Waals surface area contributed by atoms with Crippen molar-refractivity contribution in [2.24, 2.45) is 23.5 Å². The molecule has 19 heavy (non-hydrogen) atoms. The zero-order chi connectivity index (χ0) is 13.0. The lowest BCUT2D eigenvalue weighted by atomic mass is 9.96. The molecule has 1 aromatic rings. The molecule has 102 valence electrons. The lowest BCUT2D eigenvalue weighted by molar-refractivity contribution is 0.351. The van der Waals surface area contributed by atoms with Crippen LogP contribution in [0.15, 0.2) is 16.6 Å². The molecule has 0 amide bonds. The Bertz CT molecular complexity index is 506. The molecule has 0 radical (unpaired) electrons. The van der Waals surface area contributed by atoms with Crippen LogP contribution < -0.4 is 10.5 Å². The minimum absolute atomic E-state index is 0.317. The third-order valence-electron chi connectivity index (χ3n) is 5.25. The Kier molecular flexibility index (Phi) is 2.89. The summed E-state index contributed by atoms with van der Waals surface area (Å²) in [7, 11) is 0. The molecule has 0 spiro atoms. The first-order valence-electron chi connectivity index (χ1n) is 7.44. The second-order valence-corrected chi connectivity index (χ2v) is 7.27. The molecule has 0 aromatic heterocycles. The summed E-state index contributed by atoms with van der Waals surface area (Å²) in [5.74, 6) is 3.78. The topological polar surface area (TPSA) is 35.2 Å². The highest BCUT2D eigenvalue weighted by Crippen LogP contribution is 2.59. The summed E-state index contributed by atoms with van der Waals surface area (Å²) in [5, 5.41) is 0. The molecule has 3 heteroatoms. The van der Waals surface area contributed by atoms with Gasteiger partial charge in [-0.3, -0.25) is 0 Å². The summed E-state index contributed by atoms with van der Waals surface area (Å²) >= 11 is 3.61. The molecule has 1 aliphatic heterocycles. The average Bonchev–Trinajstić information content (AvgIpc) is 2.79. The molecular weight excluding hydrogens is 302 g/mol. The molecule has 1 aromatic carbocycles. The van der Waals surface area contributed by atoms with Gasteiger partial charge in [-0.15, -0.1) is 0 Å². The van der Waals surface area contributed by atoms with E-state index < -0.39 is 0 Å². The fourth-order valence-corrected chi connectivity index (χ4v) is 4.95. The predicted octanol–water partition coefficient (Wildman–Crippen LogP) is 3.30. The lowest BCUT2D eigenvalue weighted by Crippen LogP contribution is -2.27. The maximum atomic E-state index is 6.47. The molecule has 4 rings (SSSR count). The van der Waals surface area contributed by atoms with Crippen LogP contribution in [0.1, 0.15) is 30.4 Å². The molecule has 3 aliphatic rings. The van der Waals surface area contributed by atoms with Crippen LogP contribution in [0.25, 0.3) is 0 Å².